The SMILES string of the molecule is CCCCOC(=O)c1ccc(-n2c3nc4ccccc4nc3c3c(=O)n(CCC(C)C)c(C)nc32)cc1. The van der Waals surface area contributed by atoms with Gasteiger partial charge >= 0.3 is 5.97 Å². The maximum absolute atomic E-state index is 13.8. The van der Waals surface area contributed by atoms with Crippen molar-refractivity contribution in [3.63, 3.8) is 0 Å². The van der Waals surface area contributed by atoms with E-state index in [9.17, 15) is 9.59 Å². The van der Waals surface area contributed by atoms with Crippen molar-refractivity contribution in [1.29, 1.82) is 0 Å². The summed E-state index contributed by atoms with van der Waals surface area (Å²) in [6.07, 6.45) is 2.66. The van der Waals surface area contributed by atoms with Gasteiger partial charge in [-0.1, -0.05) is 39.3 Å². The summed E-state index contributed by atoms with van der Waals surface area (Å²) in [6, 6.07) is 14.7. The molecule has 3 heterocycles. The molecule has 5 rings (SSSR count). The van der Waals surface area contributed by atoms with Crippen LogP contribution in [0.3, 0.4) is 0 Å². The molecule has 3 aromatic heterocycles. The molecular weight excluding hydrogens is 466 g/mol. The fourth-order valence-electron chi connectivity index (χ4n) is 4.47. The number of aromatic nitrogens is 5. The van der Waals surface area contributed by atoms with Crippen LogP contribution in [0.15, 0.2) is 53.3 Å². The highest BCUT2D eigenvalue weighted by Crippen LogP contribution is 2.29. The number of carbonyl (C=O) groups is 1. The van der Waals surface area contributed by atoms with Crippen LogP contribution < -0.4 is 5.56 Å². The number of hydrogen-bond donors (Lipinski definition) is 0. The third kappa shape index (κ3) is 4.59. The second-order valence-electron chi connectivity index (χ2n) is 9.75. The number of ether oxygens (including phenoxy) is 1. The van der Waals surface area contributed by atoms with Gasteiger partial charge in [-0.15, -0.1) is 0 Å². The highest BCUT2D eigenvalue weighted by atomic mass is 16.5. The summed E-state index contributed by atoms with van der Waals surface area (Å²) in [5, 5.41) is 0.450. The molecule has 0 atom stereocenters. The molecule has 0 aliphatic carbocycles. The minimum absolute atomic E-state index is 0.118. The van der Waals surface area contributed by atoms with Gasteiger partial charge in [-0.05, 0) is 62.1 Å². The Balaban J connectivity index is 1.72. The molecule has 0 bridgehead atoms. The zero-order valence-electron chi connectivity index (χ0n) is 21.7. The molecule has 0 unspecified atom stereocenters. The van der Waals surface area contributed by atoms with E-state index in [1.807, 2.05) is 47.9 Å². The van der Waals surface area contributed by atoms with Crippen molar-refractivity contribution in [3.05, 3.63) is 70.3 Å². The summed E-state index contributed by atoms with van der Waals surface area (Å²) in [4.78, 5) is 40.9. The number of benzene rings is 2. The van der Waals surface area contributed by atoms with E-state index >= 15 is 0 Å². The van der Waals surface area contributed by atoms with Crippen molar-refractivity contribution in [2.24, 2.45) is 5.92 Å². The molecule has 0 aliphatic rings. The first-order valence-electron chi connectivity index (χ1n) is 12.8. The lowest BCUT2D eigenvalue weighted by Gasteiger charge is -2.12. The van der Waals surface area contributed by atoms with E-state index in [2.05, 4.69) is 20.8 Å². The van der Waals surface area contributed by atoms with Gasteiger partial charge in [-0.2, -0.15) is 0 Å². The molecule has 5 aromatic rings. The zero-order chi connectivity index (χ0) is 26.1. The number of rotatable bonds is 8. The van der Waals surface area contributed by atoms with Crippen LogP contribution in [0.4, 0.5) is 0 Å². The number of nitrogens with zero attached hydrogens (tertiary/aromatic N) is 5. The van der Waals surface area contributed by atoms with E-state index in [4.69, 9.17) is 19.7 Å². The standard InChI is InChI=1S/C29H31N5O3/c1-5-6-17-37-29(36)20-11-13-21(14-12-20)34-26-24(28(35)33(19(4)30-26)16-15-18(2)3)25-27(34)32-23-10-8-7-9-22(23)31-25/h7-14,18H,5-6,15-17H2,1-4H3. The van der Waals surface area contributed by atoms with Gasteiger partial charge < -0.3 is 4.74 Å². The average Bonchev–Trinajstić information content (AvgIpc) is 3.19. The minimum atomic E-state index is -0.352. The summed E-state index contributed by atoms with van der Waals surface area (Å²) >= 11 is 0. The first kappa shape index (κ1) is 24.6. The van der Waals surface area contributed by atoms with Gasteiger partial charge in [0, 0.05) is 12.2 Å². The molecule has 2 aromatic carbocycles. The van der Waals surface area contributed by atoms with Crippen molar-refractivity contribution < 1.29 is 9.53 Å². The van der Waals surface area contributed by atoms with Crippen LogP contribution in [0, 0.1) is 12.8 Å². The number of aryl methyl sites for hydroxylation is 1. The van der Waals surface area contributed by atoms with Crippen LogP contribution in [-0.2, 0) is 11.3 Å². The molecule has 0 radical (unpaired) electrons. The molecule has 0 saturated heterocycles. The highest BCUT2D eigenvalue weighted by molar-refractivity contribution is 6.06. The maximum atomic E-state index is 13.8. The van der Waals surface area contributed by atoms with E-state index in [1.54, 1.807) is 16.7 Å². The molecule has 0 aliphatic heterocycles. The van der Waals surface area contributed by atoms with Crippen LogP contribution in [0.5, 0.6) is 0 Å². The lowest BCUT2D eigenvalue weighted by atomic mass is 10.1. The third-order valence-electron chi connectivity index (χ3n) is 6.58. The van der Waals surface area contributed by atoms with Gasteiger partial charge in [0.25, 0.3) is 5.56 Å². The van der Waals surface area contributed by atoms with Crippen molar-refractivity contribution in [2.45, 2.75) is 53.5 Å². The van der Waals surface area contributed by atoms with Crippen LogP contribution >= 0.6 is 0 Å². The van der Waals surface area contributed by atoms with E-state index in [0.29, 0.717) is 58.2 Å². The molecule has 0 fully saturated rings. The summed E-state index contributed by atoms with van der Waals surface area (Å²) in [7, 11) is 0. The molecule has 0 N–H and O–H groups in total. The number of carbonyl (C=O) groups excluding carboxylic acids is 1. The fraction of sp³-hybridized carbons (Fsp3) is 0.345. The molecule has 190 valence electrons. The fourth-order valence-corrected chi connectivity index (χ4v) is 4.47. The Morgan fingerprint density at radius 2 is 1.68 bits per heavy atom. The third-order valence-corrected chi connectivity index (χ3v) is 6.58. The summed E-state index contributed by atoms with van der Waals surface area (Å²) in [5.41, 5.74) is 4.11. The quantitative estimate of drug-likeness (QED) is 0.205. The Kier molecular flexibility index (Phi) is 6.74. The van der Waals surface area contributed by atoms with Gasteiger partial charge in [0.05, 0.1) is 23.2 Å². The van der Waals surface area contributed by atoms with Gasteiger partial charge in [0.15, 0.2) is 11.3 Å². The number of unbranched alkanes of at least 4 members (excludes halogenated alkanes) is 1. The summed E-state index contributed by atoms with van der Waals surface area (Å²) in [5.74, 6) is 0.747. The Hall–Kier alpha value is -4.07. The van der Waals surface area contributed by atoms with E-state index < -0.39 is 0 Å². The smallest absolute Gasteiger partial charge is 0.338 e. The average molecular weight is 498 g/mol. The zero-order valence-corrected chi connectivity index (χ0v) is 21.7. The molecule has 8 nitrogen and oxygen atoms in total. The van der Waals surface area contributed by atoms with E-state index in [1.165, 1.54) is 0 Å². The topological polar surface area (TPSA) is 91.9 Å². The van der Waals surface area contributed by atoms with Crippen molar-refractivity contribution in [3.8, 4) is 5.69 Å². The second-order valence-corrected chi connectivity index (χ2v) is 9.75. The number of fused-ring (bicyclic) bond motifs is 4. The number of hydrogen-bond acceptors (Lipinski definition) is 6. The molecule has 37 heavy (non-hydrogen) atoms. The van der Waals surface area contributed by atoms with E-state index in [-0.39, 0.29) is 11.5 Å². The first-order chi connectivity index (χ1) is 17.9. The second kappa shape index (κ2) is 10.1. The van der Waals surface area contributed by atoms with Gasteiger partial charge in [-0.25, -0.2) is 19.7 Å². The predicted octanol–water partition coefficient (Wildman–Crippen LogP) is 5.60. The molecule has 0 spiro atoms. The molecule has 0 amide bonds. The van der Waals surface area contributed by atoms with Crippen LogP contribution in [0.1, 0.15) is 56.2 Å². The minimum Gasteiger partial charge on any atom is -0.462 e. The summed E-state index contributed by atoms with van der Waals surface area (Å²) < 4.78 is 8.94. The Labute approximate surface area is 214 Å². The molecular formula is C29H31N5O3. The normalized spacial score (nSPS) is 11.7. The van der Waals surface area contributed by atoms with Crippen molar-refractivity contribution in [1.82, 2.24) is 24.1 Å². The molecule has 8 heteroatoms. The first-order valence-corrected chi connectivity index (χ1v) is 12.8. The summed E-state index contributed by atoms with van der Waals surface area (Å²) in [6.45, 7) is 9.18. The number of para-hydroxylation sites is 2. The maximum Gasteiger partial charge on any atom is 0.338 e. The van der Waals surface area contributed by atoms with Gasteiger partial charge in [-0.3, -0.25) is 13.9 Å². The lowest BCUT2D eigenvalue weighted by molar-refractivity contribution is 0.0499. The number of esters is 1. The highest BCUT2D eigenvalue weighted by Gasteiger charge is 2.22. The lowest BCUT2D eigenvalue weighted by Crippen LogP contribution is -2.24. The largest absolute Gasteiger partial charge is 0.462 e. The van der Waals surface area contributed by atoms with Crippen LogP contribution in [0.25, 0.3) is 38.9 Å². The Bertz CT molecular complexity index is 1670. The Morgan fingerprint density at radius 3 is 2.35 bits per heavy atom. The van der Waals surface area contributed by atoms with Gasteiger partial charge in [0.1, 0.15) is 16.7 Å². The van der Waals surface area contributed by atoms with E-state index in [0.717, 1.165) is 30.5 Å². The van der Waals surface area contributed by atoms with Crippen molar-refractivity contribution in [2.75, 3.05) is 6.61 Å². The van der Waals surface area contributed by atoms with Crippen LogP contribution in [0.2, 0.25) is 0 Å². The Morgan fingerprint density at radius 1 is 0.973 bits per heavy atom. The monoisotopic (exact) mass is 497 g/mol. The van der Waals surface area contributed by atoms with Gasteiger partial charge in [0.2, 0.25) is 0 Å². The predicted molar refractivity (Wildman–Crippen MR) is 145 cm³/mol. The molecule has 0 saturated carbocycles. The van der Waals surface area contributed by atoms with Crippen molar-refractivity contribution >= 4 is 39.2 Å². The van der Waals surface area contributed by atoms with Crippen LogP contribution in [-0.4, -0.2) is 36.7 Å².